The molecular formula is C17H17N3O4S. The molecule has 0 radical (unpaired) electrons. The van der Waals surface area contributed by atoms with Crippen LogP contribution in [0.15, 0.2) is 53.4 Å². The Morgan fingerprint density at radius 3 is 2.52 bits per heavy atom. The van der Waals surface area contributed by atoms with E-state index in [4.69, 9.17) is 15.9 Å². The summed E-state index contributed by atoms with van der Waals surface area (Å²) in [5, 5.41) is 7.79. The van der Waals surface area contributed by atoms with Crippen molar-refractivity contribution in [1.82, 2.24) is 4.90 Å². The van der Waals surface area contributed by atoms with E-state index >= 15 is 0 Å². The quantitative estimate of drug-likeness (QED) is 0.635. The summed E-state index contributed by atoms with van der Waals surface area (Å²) in [5.41, 5.74) is 6.66. The van der Waals surface area contributed by atoms with E-state index < -0.39 is 27.9 Å². The molecule has 1 unspecified atom stereocenters. The largest absolute Gasteiger partial charge is 0.468 e. The van der Waals surface area contributed by atoms with Gasteiger partial charge in [0, 0.05) is 18.2 Å². The lowest BCUT2D eigenvalue weighted by atomic mass is 10.1. The highest BCUT2D eigenvalue weighted by atomic mass is 32.2. The van der Waals surface area contributed by atoms with E-state index in [0.717, 1.165) is 11.2 Å². The summed E-state index contributed by atoms with van der Waals surface area (Å²) in [4.78, 5) is 13.8. The molecule has 25 heavy (non-hydrogen) atoms. The standard InChI is InChI=1S/C17H17N3O4S/c1-25(22,23)14-9-11-7-8-13(14)24-15(10-11)20(17(18)19)16(21)12-5-3-2-4-6-12/h2-9,15H,10H2,1H3,(H3,18,19). The molecule has 0 fully saturated rings. The Hall–Kier alpha value is -2.87. The van der Waals surface area contributed by atoms with E-state index in [0.29, 0.717) is 11.1 Å². The molecule has 8 heteroatoms. The summed E-state index contributed by atoms with van der Waals surface area (Å²) < 4.78 is 29.6. The zero-order valence-corrected chi connectivity index (χ0v) is 14.3. The van der Waals surface area contributed by atoms with Crippen LogP contribution in [0.3, 0.4) is 0 Å². The van der Waals surface area contributed by atoms with Gasteiger partial charge >= 0.3 is 0 Å². The SMILES string of the molecule is CS(=O)(=O)c1cc2ccc1OC(N(C(=N)N)C(=O)c1ccccc1)C2. The van der Waals surface area contributed by atoms with Gasteiger partial charge in [0.2, 0.25) is 0 Å². The number of hydrogen-bond donors (Lipinski definition) is 2. The Labute approximate surface area is 145 Å². The van der Waals surface area contributed by atoms with Crippen LogP contribution in [0.4, 0.5) is 0 Å². The highest BCUT2D eigenvalue weighted by molar-refractivity contribution is 7.90. The minimum absolute atomic E-state index is 0.0585. The van der Waals surface area contributed by atoms with Gasteiger partial charge in [-0.1, -0.05) is 24.3 Å². The van der Waals surface area contributed by atoms with Crippen molar-refractivity contribution in [2.75, 3.05) is 6.26 Å². The van der Waals surface area contributed by atoms with Gasteiger partial charge in [-0.25, -0.2) is 13.3 Å². The monoisotopic (exact) mass is 359 g/mol. The zero-order valence-electron chi connectivity index (χ0n) is 13.5. The molecule has 2 bridgehead atoms. The van der Waals surface area contributed by atoms with Crippen LogP contribution >= 0.6 is 0 Å². The van der Waals surface area contributed by atoms with Gasteiger partial charge in [0.05, 0.1) is 0 Å². The number of benzene rings is 2. The maximum atomic E-state index is 12.8. The van der Waals surface area contributed by atoms with Crippen molar-refractivity contribution >= 4 is 21.7 Å². The van der Waals surface area contributed by atoms with Gasteiger partial charge in [0.1, 0.15) is 10.6 Å². The lowest BCUT2D eigenvalue weighted by molar-refractivity contribution is 0.0491. The average molecular weight is 359 g/mol. The number of carbonyl (C=O) groups is 1. The van der Waals surface area contributed by atoms with Gasteiger partial charge < -0.3 is 10.5 Å². The normalized spacial score (nSPS) is 16.0. The molecule has 0 aromatic heterocycles. The van der Waals surface area contributed by atoms with E-state index in [1.807, 2.05) is 0 Å². The number of nitrogens with two attached hydrogens (primary N) is 1. The van der Waals surface area contributed by atoms with E-state index in [1.165, 1.54) is 6.07 Å². The summed E-state index contributed by atoms with van der Waals surface area (Å²) in [6.45, 7) is 0. The number of hydrogen-bond acceptors (Lipinski definition) is 5. The Bertz CT molecular complexity index is 942. The Morgan fingerprint density at radius 1 is 1.24 bits per heavy atom. The summed E-state index contributed by atoms with van der Waals surface area (Å²) >= 11 is 0. The van der Waals surface area contributed by atoms with Crippen LogP contribution in [0.2, 0.25) is 0 Å². The third kappa shape index (κ3) is 3.34. The highest BCUT2D eigenvalue weighted by Crippen LogP contribution is 2.31. The number of rotatable bonds is 3. The number of carbonyl (C=O) groups excluding carboxylic acids is 1. The average Bonchev–Trinajstić information content (AvgIpc) is 2.86. The summed E-state index contributed by atoms with van der Waals surface area (Å²) in [5.74, 6) is -0.815. The predicted octanol–water partition coefficient (Wildman–Crippen LogP) is 1.39. The van der Waals surface area contributed by atoms with E-state index in [1.54, 1.807) is 42.5 Å². The van der Waals surface area contributed by atoms with E-state index in [9.17, 15) is 13.2 Å². The van der Waals surface area contributed by atoms with Gasteiger partial charge in [-0.3, -0.25) is 10.2 Å². The first kappa shape index (κ1) is 17.0. The molecule has 2 aromatic carbocycles. The molecule has 0 saturated carbocycles. The van der Waals surface area contributed by atoms with Crippen LogP contribution in [0.5, 0.6) is 5.75 Å². The third-order valence-corrected chi connectivity index (χ3v) is 4.99. The zero-order chi connectivity index (χ0) is 18.2. The number of ether oxygens (including phenoxy) is 1. The van der Waals surface area contributed by atoms with E-state index in [2.05, 4.69) is 0 Å². The Kier molecular flexibility index (Phi) is 4.22. The lowest BCUT2D eigenvalue weighted by Gasteiger charge is -2.29. The fraction of sp³-hybridized carbons (Fsp3) is 0.176. The van der Waals surface area contributed by atoms with Crippen molar-refractivity contribution < 1.29 is 17.9 Å². The number of nitrogens with zero attached hydrogens (tertiary/aromatic N) is 1. The molecule has 0 spiro atoms. The molecule has 2 aliphatic heterocycles. The number of guanidine groups is 1. The van der Waals surface area contributed by atoms with Crippen LogP contribution in [0.25, 0.3) is 0 Å². The second-order valence-corrected chi connectivity index (χ2v) is 7.74. The van der Waals surface area contributed by atoms with Crippen LogP contribution in [0.1, 0.15) is 15.9 Å². The van der Waals surface area contributed by atoms with Gasteiger partial charge in [-0.15, -0.1) is 0 Å². The minimum Gasteiger partial charge on any atom is -0.468 e. The van der Waals surface area contributed by atoms with Crippen molar-refractivity contribution in [1.29, 1.82) is 5.41 Å². The van der Waals surface area contributed by atoms with Gasteiger partial charge in [-0.05, 0) is 29.8 Å². The molecule has 3 N–H and O–H groups in total. The molecule has 130 valence electrons. The summed E-state index contributed by atoms with van der Waals surface area (Å²) in [6.07, 6.45) is 0.412. The number of amides is 1. The molecule has 2 aliphatic rings. The molecular weight excluding hydrogens is 342 g/mol. The van der Waals surface area contributed by atoms with Crippen molar-refractivity contribution in [2.24, 2.45) is 5.73 Å². The number of nitrogens with one attached hydrogen (secondary N) is 1. The van der Waals surface area contributed by atoms with Gasteiger partial charge in [0.15, 0.2) is 22.0 Å². The van der Waals surface area contributed by atoms with Crippen LogP contribution in [0, 0.1) is 5.41 Å². The lowest BCUT2D eigenvalue weighted by Crippen LogP contribution is -2.51. The molecule has 2 aromatic rings. The topological polar surface area (TPSA) is 114 Å². The second kappa shape index (κ2) is 6.21. The van der Waals surface area contributed by atoms with Crippen molar-refractivity contribution in [3.05, 3.63) is 59.7 Å². The van der Waals surface area contributed by atoms with Crippen LogP contribution in [-0.4, -0.2) is 37.7 Å². The Morgan fingerprint density at radius 2 is 1.92 bits per heavy atom. The number of fused-ring (bicyclic) bond motifs is 4. The Balaban J connectivity index is 1.98. The van der Waals surface area contributed by atoms with Crippen LogP contribution < -0.4 is 10.5 Å². The minimum atomic E-state index is -3.48. The predicted molar refractivity (Wildman–Crippen MR) is 92.2 cm³/mol. The molecule has 4 rings (SSSR count). The molecule has 0 aliphatic carbocycles. The third-order valence-electron chi connectivity index (χ3n) is 3.87. The second-order valence-electron chi connectivity index (χ2n) is 5.76. The summed E-state index contributed by atoms with van der Waals surface area (Å²) in [7, 11) is -3.48. The maximum absolute atomic E-state index is 12.8. The maximum Gasteiger partial charge on any atom is 0.263 e. The molecule has 1 amide bonds. The highest BCUT2D eigenvalue weighted by Gasteiger charge is 2.33. The molecule has 1 atom stereocenters. The first-order valence-corrected chi connectivity index (χ1v) is 9.39. The fourth-order valence-corrected chi connectivity index (χ4v) is 3.56. The van der Waals surface area contributed by atoms with Crippen molar-refractivity contribution in [3.8, 4) is 5.75 Å². The van der Waals surface area contributed by atoms with Gasteiger partial charge in [0.25, 0.3) is 5.91 Å². The number of sulfone groups is 1. The smallest absolute Gasteiger partial charge is 0.263 e. The van der Waals surface area contributed by atoms with Crippen LogP contribution in [-0.2, 0) is 16.3 Å². The van der Waals surface area contributed by atoms with Crippen molar-refractivity contribution in [2.45, 2.75) is 17.5 Å². The van der Waals surface area contributed by atoms with Crippen molar-refractivity contribution in [3.63, 3.8) is 0 Å². The molecule has 0 saturated heterocycles. The first-order chi connectivity index (χ1) is 11.8. The molecule has 7 nitrogen and oxygen atoms in total. The first-order valence-electron chi connectivity index (χ1n) is 7.49. The van der Waals surface area contributed by atoms with Gasteiger partial charge in [-0.2, -0.15) is 0 Å². The fourth-order valence-electron chi connectivity index (χ4n) is 2.72. The summed E-state index contributed by atoms with van der Waals surface area (Å²) in [6, 6.07) is 13.2. The molecule has 2 heterocycles. The van der Waals surface area contributed by atoms with E-state index in [-0.39, 0.29) is 17.1 Å².